The van der Waals surface area contributed by atoms with E-state index in [4.69, 9.17) is 4.74 Å². The molecule has 28 heavy (non-hydrogen) atoms. The number of imidazole rings is 1. The molecular weight excluding hydrogens is 350 g/mol. The maximum atomic E-state index is 12.8. The summed E-state index contributed by atoms with van der Waals surface area (Å²) in [6, 6.07) is 8.02. The van der Waals surface area contributed by atoms with Crippen molar-refractivity contribution in [1.29, 1.82) is 0 Å². The van der Waals surface area contributed by atoms with Crippen LogP contribution in [0.5, 0.6) is 5.75 Å². The van der Waals surface area contributed by atoms with Gasteiger partial charge in [-0.1, -0.05) is 12.1 Å². The third kappa shape index (κ3) is 4.40. The maximum absolute atomic E-state index is 12.8. The monoisotopic (exact) mass is 381 g/mol. The number of aromatic nitrogens is 2. The number of benzene rings is 1. The number of ether oxygens (including phenoxy) is 1. The van der Waals surface area contributed by atoms with Crippen molar-refractivity contribution < 1.29 is 9.53 Å². The Kier molecular flexibility index (Phi) is 5.69. The lowest BCUT2D eigenvalue weighted by Gasteiger charge is -2.33. The quantitative estimate of drug-likeness (QED) is 0.730. The Morgan fingerprint density at radius 2 is 2.00 bits per heavy atom. The highest BCUT2D eigenvalue weighted by atomic mass is 16.5. The van der Waals surface area contributed by atoms with Gasteiger partial charge in [-0.25, -0.2) is 4.98 Å². The third-order valence-electron chi connectivity index (χ3n) is 6.13. The van der Waals surface area contributed by atoms with E-state index in [1.165, 1.54) is 36.3 Å². The molecule has 0 radical (unpaired) electrons. The van der Waals surface area contributed by atoms with E-state index in [1.54, 1.807) is 7.11 Å². The largest absolute Gasteiger partial charge is 0.497 e. The van der Waals surface area contributed by atoms with Crippen LogP contribution in [-0.2, 0) is 17.8 Å². The molecule has 2 aliphatic rings. The first kappa shape index (κ1) is 19.0. The van der Waals surface area contributed by atoms with Gasteiger partial charge in [-0.3, -0.25) is 4.79 Å². The minimum atomic E-state index is 0.283. The highest BCUT2D eigenvalue weighted by Gasteiger charge is 2.30. The van der Waals surface area contributed by atoms with E-state index < -0.39 is 0 Å². The molecule has 1 unspecified atom stereocenters. The molecule has 150 valence electrons. The molecule has 0 spiro atoms. The van der Waals surface area contributed by atoms with Crippen molar-refractivity contribution in [2.75, 3.05) is 20.2 Å². The van der Waals surface area contributed by atoms with Crippen molar-refractivity contribution in [2.24, 2.45) is 5.92 Å². The maximum Gasteiger partial charge on any atom is 0.222 e. The van der Waals surface area contributed by atoms with Crippen molar-refractivity contribution in [1.82, 2.24) is 14.5 Å². The smallest absolute Gasteiger partial charge is 0.222 e. The zero-order chi connectivity index (χ0) is 19.5. The van der Waals surface area contributed by atoms with Crippen LogP contribution < -0.4 is 4.74 Å². The number of hydrogen-bond donors (Lipinski definition) is 0. The molecule has 1 atom stereocenters. The SMILES string of the molecule is COc1ccc(CCC(=O)N2CCCC(Cn3c(C)cnc3C3CC3)C2)cc1. The Morgan fingerprint density at radius 3 is 2.71 bits per heavy atom. The van der Waals surface area contributed by atoms with Crippen molar-refractivity contribution >= 4 is 5.91 Å². The summed E-state index contributed by atoms with van der Waals surface area (Å²) in [4.78, 5) is 19.5. The Hall–Kier alpha value is -2.30. The number of rotatable bonds is 7. The second kappa shape index (κ2) is 8.38. The lowest BCUT2D eigenvalue weighted by Crippen LogP contribution is -2.41. The molecule has 1 saturated heterocycles. The normalized spacial score (nSPS) is 19.6. The molecule has 5 nitrogen and oxygen atoms in total. The van der Waals surface area contributed by atoms with E-state index in [-0.39, 0.29) is 5.91 Å². The van der Waals surface area contributed by atoms with Crippen molar-refractivity contribution in [3.63, 3.8) is 0 Å². The summed E-state index contributed by atoms with van der Waals surface area (Å²) in [5.41, 5.74) is 2.44. The number of hydrogen-bond acceptors (Lipinski definition) is 3. The zero-order valence-electron chi connectivity index (χ0n) is 17.1. The molecule has 0 N–H and O–H groups in total. The summed E-state index contributed by atoms with van der Waals surface area (Å²) in [5, 5.41) is 0. The number of carbonyl (C=O) groups is 1. The summed E-state index contributed by atoms with van der Waals surface area (Å²) in [6.45, 7) is 4.93. The van der Waals surface area contributed by atoms with E-state index in [1.807, 2.05) is 30.5 Å². The van der Waals surface area contributed by atoms with Gasteiger partial charge >= 0.3 is 0 Å². The van der Waals surface area contributed by atoms with Gasteiger partial charge in [0.05, 0.1) is 7.11 Å². The molecule has 4 rings (SSSR count). The van der Waals surface area contributed by atoms with Gasteiger partial charge in [-0.15, -0.1) is 0 Å². The summed E-state index contributed by atoms with van der Waals surface area (Å²) in [6.07, 6.45) is 8.23. The zero-order valence-corrected chi connectivity index (χ0v) is 17.1. The van der Waals surface area contributed by atoms with Crippen molar-refractivity contribution in [2.45, 2.75) is 57.9 Å². The van der Waals surface area contributed by atoms with Gasteiger partial charge in [0, 0.05) is 43.9 Å². The Bertz CT molecular complexity index is 808. The van der Waals surface area contributed by atoms with Crippen LogP contribution in [0.3, 0.4) is 0 Å². The molecule has 2 aromatic rings. The van der Waals surface area contributed by atoms with Gasteiger partial charge in [-0.05, 0) is 62.6 Å². The molecule has 1 saturated carbocycles. The van der Waals surface area contributed by atoms with Crippen molar-refractivity contribution in [3.8, 4) is 5.75 Å². The molecule has 1 aromatic heterocycles. The van der Waals surface area contributed by atoms with E-state index in [2.05, 4.69) is 21.4 Å². The van der Waals surface area contributed by atoms with E-state index in [0.717, 1.165) is 38.2 Å². The van der Waals surface area contributed by atoms with E-state index in [0.29, 0.717) is 18.3 Å². The molecule has 2 fully saturated rings. The lowest BCUT2D eigenvalue weighted by molar-refractivity contribution is -0.133. The predicted molar refractivity (Wildman–Crippen MR) is 110 cm³/mol. The first-order valence-electron chi connectivity index (χ1n) is 10.6. The lowest BCUT2D eigenvalue weighted by atomic mass is 9.97. The summed E-state index contributed by atoms with van der Waals surface area (Å²) in [5.74, 6) is 3.60. The van der Waals surface area contributed by atoms with Gasteiger partial charge in [0.25, 0.3) is 0 Å². The topological polar surface area (TPSA) is 47.4 Å². The van der Waals surface area contributed by atoms with Gasteiger partial charge in [-0.2, -0.15) is 0 Å². The Labute approximate surface area is 167 Å². The molecule has 1 aliphatic carbocycles. The van der Waals surface area contributed by atoms with Crippen LogP contribution in [0.2, 0.25) is 0 Å². The number of amides is 1. The summed E-state index contributed by atoms with van der Waals surface area (Å²) in [7, 11) is 1.67. The minimum absolute atomic E-state index is 0.283. The Morgan fingerprint density at radius 1 is 1.21 bits per heavy atom. The second-order valence-electron chi connectivity index (χ2n) is 8.34. The number of aryl methyl sites for hydroxylation is 2. The van der Waals surface area contributed by atoms with Crippen LogP contribution in [0, 0.1) is 12.8 Å². The van der Waals surface area contributed by atoms with Crippen LogP contribution >= 0.6 is 0 Å². The molecule has 0 bridgehead atoms. The first-order valence-corrected chi connectivity index (χ1v) is 10.6. The first-order chi connectivity index (χ1) is 13.6. The fraction of sp³-hybridized carbons (Fsp3) is 0.565. The van der Waals surface area contributed by atoms with Crippen LogP contribution in [-0.4, -0.2) is 40.6 Å². The highest BCUT2D eigenvalue weighted by Crippen LogP contribution is 2.40. The van der Waals surface area contributed by atoms with E-state index >= 15 is 0 Å². The molecule has 1 aromatic carbocycles. The molecule has 1 aliphatic heterocycles. The predicted octanol–water partition coefficient (Wildman–Crippen LogP) is 3.95. The molecule has 2 heterocycles. The fourth-order valence-corrected chi connectivity index (χ4v) is 4.28. The third-order valence-corrected chi connectivity index (χ3v) is 6.13. The number of piperidine rings is 1. The van der Waals surface area contributed by atoms with Crippen LogP contribution in [0.1, 0.15) is 55.1 Å². The fourth-order valence-electron chi connectivity index (χ4n) is 4.28. The van der Waals surface area contributed by atoms with Gasteiger partial charge in [0.15, 0.2) is 0 Å². The second-order valence-corrected chi connectivity index (χ2v) is 8.34. The Balaban J connectivity index is 1.31. The number of carbonyl (C=O) groups excluding carboxylic acids is 1. The number of methoxy groups -OCH3 is 1. The average molecular weight is 382 g/mol. The summed E-state index contributed by atoms with van der Waals surface area (Å²) < 4.78 is 7.61. The molecule has 1 amide bonds. The van der Waals surface area contributed by atoms with Crippen LogP contribution in [0.4, 0.5) is 0 Å². The van der Waals surface area contributed by atoms with E-state index in [9.17, 15) is 4.79 Å². The number of likely N-dealkylation sites (tertiary alicyclic amines) is 1. The average Bonchev–Trinajstić information content (AvgIpc) is 3.51. The molecule has 5 heteroatoms. The number of nitrogens with zero attached hydrogens (tertiary/aromatic N) is 3. The standard InChI is InChI=1S/C23H31N3O2/c1-17-14-24-23(20-8-9-20)26(17)16-19-4-3-13-25(15-19)22(27)12-7-18-5-10-21(28-2)11-6-18/h5-6,10-11,14,19-20H,3-4,7-9,12-13,15-16H2,1-2H3. The van der Waals surface area contributed by atoms with Gasteiger partial charge < -0.3 is 14.2 Å². The van der Waals surface area contributed by atoms with Gasteiger partial charge in [0.1, 0.15) is 11.6 Å². The van der Waals surface area contributed by atoms with Crippen LogP contribution in [0.15, 0.2) is 30.5 Å². The van der Waals surface area contributed by atoms with Crippen molar-refractivity contribution in [3.05, 3.63) is 47.5 Å². The summed E-state index contributed by atoms with van der Waals surface area (Å²) >= 11 is 0. The minimum Gasteiger partial charge on any atom is -0.497 e. The molecular formula is C23H31N3O2. The highest BCUT2D eigenvalue weighted by molar-refractivity contribution is 5.76. The van der Waals surface area contributed by atoms with Gasteiger partial charge in [0.2, 0.25) is 5.91 Å². The van der Waals surface area contributed by atoms with Crippen LogP contribution in [0.25, 0.3) is 0 Å².